The minimum absolute atomic E-state index is 0.0497. The Bertz CT molecular complexity index is 1240. The fourth-order valence-electron chi connectivity index (χ4n) is 5.36. The fourth-order valence-corrected chi connectivity index (χ4v) is 6.40. The van der Waals surface area contributed by atoms with Gasteiger partial charge in [0.05, 0.1) is 18.6 Å². The van der Waals surface area contributed by atoms with E-state index in [2.05, 4.69) is 11.8 Å². The van der Waals surface area contributed by atoms with Crippen molar-refractivity contribution in [2.24, 2.45) is 0 Å². The van der Waals surface area contributed by atoms with Crippen molar-refractivity contribution in [3.8, 4) is 0 Å². The molecule has 5 rings (SSSR count). The zero-order chi connectivity index (χ0) is 25.2. The molecular formula is C28H30ClN3O3S. The number of benzene rings is 2. The van der Waals surface area contributed by atoms with E-state index in [1.54, 1.807) is 18.4 Å². The summed E-state index contributed by atoms with van der Waals surface area (Å²) in [6, 6.07) is 17.1. The second-order valence-corrected chi connectivity index (χ2v) is 10.7. The van der Waals surface area contributed by atoms with Crippen molar-refractivity contribution in [2.45, 2.75) is 18.9 Å². The number of halogens is 1. The van der Waals surface area contributed by atoms with E-state index in [4.69, 9.17) is 16.3 Å². The largest absolute Gasteiger partial charge is 0.383 e. The summed E-state index contributed by atoms with van der Waals surface area (Å²) in [5.74, 6) is -0.446. The summed E-state index contributed by atoms with van der Waals surface area (Å²) >= 11 is 7.85. The molecule has 3 heterocycles. The van der Waals surface area contributed by atoms with Gasteiger partial charge in [-0.1, -0.05) is 41.9 Å². The summed E-state index contributed by atoms with van der Waals surface area (Å²) in [6.07, 6.45) is 0. The van der Waals surface area contributed by atoms with Crippen LogP contribution in [0.4, 0.5) is 5.69 Å². The molecule has 2 aromatic carbocycles. The Morgan fingerprint density at radius 1 is 1.08 bits per heavy atom. The Balaban J connectivity index is 1.46. The van der Waals surface area contributed by atoms with Gasteiger partial charge in [-0.25, -0.2) is 0 Å². The Morgan fingerprint density at radius 2 is 1.86 bits per heavy atom. The molecule has 0 saturated carbocycles. The first-order valence-electron chi connectivity index (χ1n) is 12.2. The number of hydrogen-bond donors (Lipinski definition) is 0. The van der Waals surface area contributed by atoms with E-state index >= 15 is 0 Å². The molecule has 8 heteroatoms. The highest BCUT2D eigenvalue weighted by atomic mass is 35.5. The first kappa shape index (κ1) is 24.8. The molecule has 188 valence electrons. The number of ether oxygens (including phenoxy) is 1. The summed E-state index contributed by atoms with van der Waals surface area (Å²) in [5, 5.41) is 2.72. The van der Waals surface area contributed by atoms with Crippen molar-refractivity contribution in [3.05, 3.63) is 86.6 Å². The van der Waals surface area contributed by atoms with Crippen molar-refractivity contribution in [1.82, 2.24) is 9.80 Å². The smallest absolute Gasteiger partial charge is 0.254 e. The van der Waals surface area contributed by atoms with Gasteiger partial charge in [0.1, 0.15) is 0 Å². The van der Waals surface area contributed by atoms with E-state index in [1.165, 1.54) is 5.56 Å². The highest BCUT2D eigenvalue weighted by Gasteiger charge is 2.46. The molecule has 0 N–H and O–H groups in total. The van der Waals surface area contributed by atoms with Crippen LogP contribution >= 0.6 is 22.9 Å². The molecule has 0 unspecified atom stereocenters. The van der Waals surface area contributed by atoms with E-state index in [0.29, 0.717) is 36.8 Å². The summed E-state index contributed by atoms with van der Waals surface area (Å²) in [6.45, 7) is 5.62. The summed E-state index contributed by atoms with van der Waals surface area (Å²) in [5.41, 5.74) is 3.71. The molecule has 1 saturated heterocycles. The average molecular weight is 524 g/mol. The molecule has 2 amide bonds. The minimum Gasteiger partial charge on any atom is -0.383 e. The zero-order valence-electron chi connectivity index (χ0n) is 20.5. The van der Waals surface area contributed by atoms with Gasteiger partial charge in [0.15, 0.2) is 0 Å². The number of methoxy groups -OCH3 is 1. The summed E-state index contributed by atoms with van der Waals surface area (Å²) < 4.78 is 5.33. The van der Waals surface area contributed by atoms with E-state index in [0.717, 1.165) is 29.2 Å². The van der Waals surface area contributed by atoms with Gasteiger partial charge < -0.3 is 19.4 Å². The topological polar surface area (TPSA) is 53.1 Å². The third-order valence-electron chi connectivity index (χ3n) is 7.18. The maximum absolute atomic E-state index is 14.2. The number of thiophene rings is 1. The normalized spacial score (nSPS) is 20.0. The molecule has 2 aliphatic rings. The molecule has 0 spiro atoms. The SMILES string of the molecule is COCCN1C(=O)c2ccccc2[C@@H](C(=O)N2CCN(c3cc(Cl)ccc3C)CC2)[C@@H]1c1cccs1. The van der Waals surface area contributed by atoms with E-state index < -0.39 is 5.92 Å². The summed E-state index contributed by atoms with van der Waals surface area (Å²) in [4.78, 5) is 34.9. The molecule has 2 aliphatic heterocycles. The van der Waals surface area contributed by atoms with Gasteiger partial charge in [-0.3, -0.25) is 9.59 Å². The lowest BCUT2D eigenvalue weighted by Crippen LogP contribution is -2.53. The molecule has 6 nitrogen and oxygen atoms in total. The molecule has 3 aromatic rings. The standard InChI is InChI=1S/C28H30ClN3O3S/c1-19-9-10-20(29)18-23(19)30-11-13-31(14-12-30)28(34)25-21-6-3-4-7-22(21)27(33)32(15-16-35-2)26(25)24-8-5-17-36-24/h3-10,17-18,25-26H,11-16H2,1-2H3/t25-,26+/m1/s1. The van der Waals surface area contributed by atoms with E-state index in [-0.39, 0.29) is 17.9 Å². The quantitative estimate of drug-likeness (QED) is 0.457. The van der Waals surface area contributed by atoms with Crippen LogP contribution in [0.1, 0.15) is 38.3 Å². The Morgan fingerprint density at radius 3 is 2.58 bits per heavy atom. The average Bonchev–Trinajstić information content (AvgIpc) is 3.44. The van der Waals surface area contributed by atoms with Crippen LogP contribution in [-0.2, 0) is 9.53 Å². The zero-order valence-corrected chi connectivity index (χ0v) is 22.1. The van der Waals surface area contributed by atoms with Gasteiger partial charge >= 0.3 is 0 Å². The van der Waals surface area contributed by atoms with Gasteiger partial charge in [-0.05, 0) is 47.7 Å². The molecular weight excluding hydrogens is 494 g/mol. The van der Waals surface area contributed by atoms with E-state index in [1.807, 2.05) is 69.8 Å². The molecule has 2 atom stereocenters. The lowest BCUT2D eigenvalue weighted by Gasteiger charge is -2.44. The number of fused-ring (bicyclic) bond motifs is 1. The van der Waals surface area contributed by atoms with Crippen LogP contribution in [0.15, 0.2) is 60.0 Å². The molecule has 0 aliphatic carbocycles. The highest BCUT2D eigenvalue weighted by Crippen LogP contribution is 2.45. The van der Waals surface area contributed by atoms with Crippen molar-refractivity contribution >= 4 is 40.4 Å². The number of nitrogens with zero attached hydrogens (tertiary/aromatic N) is 3. The molecule has 0 bridgehead atoms. The fraction of sp³-hybridized carbons (Fsp3) is 0.357. The Labute approximate surface area is 221 Å². The lowest BCUT2D eigenvalue weighted by atomic mass is 9.81. The van der Waals surface area contributed by atoms with Crippen LogP contribution in [0.2, 0.25) is 5.02 Å². The van der Waals surface area contributed by atoms with Crippen molar-refractivity contribution in [3.63, 3.8) is 0 Å². The van der Waals surface area contributed by atoms with Gasteiger partial charge in [-0.15, -0.1) is 11.3 Å². The van der Waals surface area contributed by atoms with E-state index in [9.17, 15) is 9.59 Å². The number of amides is 2. The number of carbonyl (C=O) groups is 2. The Kier molecular flexibility index (Phi) is 7.32. The van der Waals surface area contributed by atoms with Crippen LogP contribution < -0.4 is 4.90 Å². The Hall–Kier alpha value is -2.87. The van der Waals surface area contributed by atoms with Crippen LogP contribution in [0, 0.1) is 6.92 Å². The van der Waals surface area contributed by atoms with Crippen molar-refractivity contribution in [1.29, 1.82) is 0 Å². The van der Waals surface area contributed by atoms with Gasteiger partial charge in [0.25, 0.3) is 5.91 Å². The number of hydrogen-bond acceptors (Lipinski definition) is 5. The monoisotopic (exact) mass is 523 g/mol. The lowest BCUT2D eigenvalue weighted by molar-refractivity contribution is -0.135. The van der Waals surface area contributed by atoms with Gasteiger partial charge in [0.2, 0.25) is 5.91 Å². The van der Waals surface area contributed by atoms with Crippen molar-refractivity contribution in [2.75, 3.05) is 51.3 Å². The number of aryl methyl sites for hydroxylation is 1. The van der Waals surface area contributed by atoms with Crippen LogP contribution in [-0.4, -0.2) is 68.1 Å². The first-order valence-corrected chi connectivity index (χ1v) is 13.5. The third-order valence-corrected chi connectivity index (χ3v) is 8.36. The number of carbonyl (C=O) groups excluding carboxylic acids is 2. The number of piperazine rings is 1. The molecule has 0 radical (unpaired) electrons. The maximum atomic E-state index is 14.2. The highest BCUT2D eigenvalue weighted by molar-refractivity contribution is 7.10. The number of anilines is 1. The second-order valence-electron chi connectivity index (χ2n) is 9.26. The van der Waals surface area contributed by atoms with Crippen molar-refractivity contribution < 1.29 is 14.3 Å². The molecule has 1 fully saturated rings. The first-order chi connectivity index (χ1) is 17.5. The third kappa shape index (κ3) is 4.63. The second kappa shape index (κ2) is 10.6. The maximum Gasteiger partial charge on any atom is 0.254 e. The van der Waals surface area contributed by atoms with Gasteiger partial charge in [-0.2, -0.15) is 0 Å². The summed E-state index contributed by atoms with van der Waals surface area (Å²) in [7, 11) is 1.63. The van der Waals surface area contributed by atoms with Crippen LogP contribution in [0.25, 0.3) is 0 Å². The van der Waals surface area contributed by atoms with Gasteiger partial charge in [0, 0.05) is 61.0 Å². The molecule has 36 heavy (non-hydrogen) atoms. The molecule has 1 aromatic heterocycles. The predicted octanol–water partition coefficient (Wildman–Crippen LogP) is 4.99. The predicted molar refractivity (Wildman–Crippen MR) is 144 cm³/mol. The number of rotatable bonds is 6. The van der Waals surface area contributed by atoms with Crippen LogP contribution in [0.5, 0.6) is 0 Å². The minimum atomic E-state index is -0.464. The van der Waals surface area contributed by atoms with Crippen LogP contribution in [0.3, 0.4) is 0 Å².